The number of allylic oxidation sites excluding steroid dienone is 7. The Hall–Kier alpha value is -1.38. The van der Waals surface area contributed by atoms with E-state index in [1.807, 2.05) is 48.5 Å². The summed E-state index contributed by atoms with van der Waals surface area (Å²) < 4.78 is 0. The van der Waals surface area contributed by atoms with E-state index in [0.717, 1.165) is 29.6 Å². The van der Waals surface area contributed by atoms with Crippen LogP contribution in [0.3, 0.4) is 0 Å². The molecule has 7 rings (SSSR count). The Labute approximate surface area is 338 Å². The fraction of sp³-hybridized carbons (Fsp3) is 0.808. The molecule has 2 heteroatoms. The van der Waals surface area contributed by atoms with Crippen LogP contribution in [0.15, 0.2) is 60.8 Å². The molecule has 7 aliphatic carbocycles. The van der Waals surface area contributed by atoms with Gasteiger partial charge in [0.05, 0.1) is 0 Å². The number of hydrogen-bond acceptors (Lipinski definition) is 2. The van der Waals surface area contributed by atoms with Gasteiger partial charge in [-0.25, -0.2) is 10.4 Å². The second-order valence-corrected chi connectivity index (χ2v) is 19.4. The predicted molar refractivity (Wildman–Crippen MR) is 241 cm³/mol. The fourth-order valence-electron chi connectivity index (χ4n) is 14.4. The second-order valence-electron chi connectivity index (χ2n) is 19.4. The van der Waals surface area contributed by atoms with Crippen LogP contribution in [0, 0.1) is 56.7 Å². The molecule has 310 valence electrons. The zero-order chi connectivity index (χ0) is 40.8. The lowest BCUT2D eigenvalue weighted by molar-refractivity contribution is -0.171. The molecular formula is C52H92N2. The van der Waals surface area contributed by atoms with E-state index in [9.17, 15) is 0 Å². The Morgan fingerprint density at radius 1 is 0.796 bits per heavy atom. The Kier molecular flexibility index (Phi) is 16.5. The van der Waals surface area contributed by atoms with E-state index in [-0.39, 0.29) is 10.8 Å². The van der Waals surface area contributed by atoms with Crippen LogP contribution in [-0.2, 0) is 0 Å². The van der Waals surface area contributed by atoms with Gasteiger partial charge in [0.15, 0.2) is 0 Å². The number of hydrazine groups is 1. The summed E-state index contributed by atoms with van der Waals surface area (Å²) in [6.45, 7) is 45.9. The van der Waals surface area contributed by atoms with E-state index in [0.29, 0.717) is 21.8 Å². The Balaban J connectivity index is 0.000000807. The molecule has 6 unspecified atom stereocenters. The lowest BCUT2D eigenvalue weighted by atomic mass is 9.37. The van der Waals surface area contributed by atoms with Crippen molar-refractivity contribution in [2.24, 2.45) is 56.7 Å². The third-order valence-electron chi connectivity index (χ3n) is 16.4. The maximum atomic E-state index is 4.33. The van der Waals surface area contributed by atoms with E-state index in [1.165, 1.54) is 115 Å². The molecule has 54 heavy (non-hydrogen) atoms. The fourth-order valence-corrected chi connectivity index (χ4v) is 14.4. The van der Waals surface area contributed by atoms with Crippen LogP contribution in [0.4, 0.5) is 0 Å². The lowest BCUT2D eigenvalue weighted by Crippen LogP contribution is -2.66. The van der Waals surface area contributed by atoms with Crippen LogP contribution >= 0.6 is 0 Å². The summed E-state index contributed by atoms with van der Waals surface area (Å²) in [5.41, 5.74) is 11.2. The van der Waals surface area contributed by atoms with Gasteiger partial charge in [-0.3, -0.25) is 0 Å². The molecule has 0 heterocycles. The van der Waals surface area contributed by atoms with Crippen molar-refractivity contribution in [1.29, 1.82) is 0 Å². The highest BCUT2D eigenvalue weighted by Gasteiger charge is 2.66. The van der Waals surface area contributed by atoms with Gasteiger partial charge in [0.25, 0.3) is 0 Å². The largest absolute Gasteiger partial charge is 0.249 e. The SMILES string of the molecule is C=CC.C=CC1(C(=C)C)CC2(C=C(C3=CCC4(C)C5CCC6C7CCCC7(NN(CCC)CCC)CC[C@@]6(C)[C@@H]5CCC4C3(C)C)C2)C1.CC.CC.CC. The molecule has 0 amide bonds. The molecule has 2 nitrogen and oxygen atoms in total. The molecule has 7 aliphatic rings. The zero-order valence-corrected chi connectivity index (χ0v) is 38.8. The molecule has 0 radical (unpaired) electrons. The third-order valence-corrected chi connectivity index (χ3v) is 16.4. The summed E-state index contributed by atoms with van der Waals surface area (Å²) in [4.78, 5) is 0. The molecule has 0 aliphatic heterocycles. The molecule has 5 fully saturated rings. The van der Waals surface area contributed by atoms with Crippen LogP contribution in [-0.4, -0.2) is 23.6 Å². The van der Waals surface area contributed by atoms with E-state index in [4.69, 9.17) is 0 Å². The molecular weight excluding hydrogens is 653 g/mol. The summed E-state index contributed by atoms with van der Waals surface area (Å²) in [7, 11) is 0. The molecule has 0 bridgehead atoms. The first kappa shape index (κ1) is 47.0. The van der Waals surface area contributed by atoms with Crippen molar-refractivity contribution < 1.29 is 0 Å². The van der Waals surface area contributed by atoms with Gasteiger partial charge in [0, 0.05) is 24.0 Å². The quantitative estimate of drug-likeness (QED) is 0.187. The average molecular weight is 745 g/mol. The summed E-state index contributed by atoms with van der Waals surface area (Å²) in [6.07, 6.45) is 30.0. The summed E-state index contributed by atoms with van der Waals surface area (Å²) in [5, 5.41) is 2.63. The van der Waals surface area contributed by atoms with Crippen LogP contribution in [0.2, 0.25) is 0 Å². The van der Waals surface area contributed by atoms with Crippen molar-refractivity contribution in [3.8, 4) is 0 Å². The molecule has 0 saturated heterocycles. The number of fused-ring (bicyclic) bond motifs is 7. The number of rotatable bonds is 9. The summed E-state index contributed by atoms with van der Waals surface area (Å²) in [6, 6.07) is 0. The Bertz CT molecular complexity index is 1300. The molecule has 1 N–H and O–H groups in total. The number of nitrogens with one attached hydrogen (secondary N) is 1. The third kappa shape index (κ3) is 8.03. The standard InChI is InChI=1S/C43H68N2.C3H6.3C2H6/c1-10-24-45(25-11-2)44-43-20-13-14-36(43)35-16-15-34-33(39(35,8)22-23-43)17-18-37-38(6,7)32(19-21-40(34,37)9)31-26-41(27-31)28-42(12-3,29-41)30(4)5;1-3-2;3*1-2/h12,19,26,33-37,44H,3-4,10-11,13-18,20-25,27-29H2,1-2,5-9H3;3H,1H2,2H3;3*1-2H3/t33-,34?,35?,36?,37?,39+,40?,41?,42?,43?;;;;/m1..../s1. The highest BCUT2D eigenvalue weighted by molar-refractivity contribution is 5.49. The highest BCUT2D eigenvalue weighted by atomic mass is 15.5. The van der Waals surface area contributed by atoms with Crippen LogP contribution in [0.5, 0.6) is 0 Å². The van der Waals surface area contributed by atoms with Crippen LogP contribution in [0.1, 0.15) is 193 Å². The van der Waals surface area contributed by atoms with Crippen molar-refractivity contribution in [1.82, 2.24) is 10.4 Å². The molecule has 1 spiro atoms. The smallest absolute Gasteiger partial charge is 0.0357 e. The van der Waals surface area contributed by atoms with Crippen molar-refractivity contribution in [2.45, 2.75) is 199 Å². The van der Waals surface area contributed by atoms with Gasteiger partial charge in [0.2, 0.25) is 0 Å². The molecule has 8 atom stereocenters. The monoisotopic (exact) mass is 745 g/mol. The van der Waals surface area contributed by atoms with Gasteiger partial charge in [-0.15, -0.1) is 13.2 Å². The van der Waals surface area contributed by atoms with Gasteiger partial charge in [-0.1, -0.05) is 126 Å². The average Bonchev–Trinajstić information content (AvgIpc) is 3.54. The normalized spacial score (nSPS) is 40.4. The van der Waals surface area contributed by atoms with Gasteiger partial charge in [0.1, 0.15) is 0 Å². The van der Waals surface area contributed by atoms with Gasteiger partial charge < -0.3 is 0 Å². The molecule has 0 aromatic heterocycles. The maximum absolute atomic E-state index is 4.33. The van der Waals surface area contributed by atoms with Crippen molar-refractivity contribution >= 4 is 0 Å². The van der Waals surface area contributed by atoms with E-state index in [1.54, 1.807) is 17.2 Å². The topological polar surface area (TPSA) is 15.3 Å². The van der Waals surface area contributed by atoms with Crippen LogP contribution < -0.4 is 5.43 Å². The highest BCUT2D eigenvalue weighted by Crippen LogP contribution is 2.73. The number of nitrogens with zero attached hydrogens (tertiary/aromatic N) is 1. The lowest BCUT2D eigenvalue weighted by Gasteiger charge is -2.68. The Morgan fingerprint density at radius 3 is 1.83 bits per heavy atom. The zero-order valence-electron chi connectivity index (χ0n) is 38.8. The predicted octanol–water partition coefficient (Wildman–Crippen LogP) is 15.5. The van der Waals surface area contributed by atoms with E-state index in [2.05, 4.69) is 96.9 Å². The van der Waals surface area contributed by atoms with Crippen LogP contribution in [0.25, 0.3) is 0 Å². The van der Waals surface area contributed by atoms with Crippen molar-refractivity contribution in [2.75, 3.05) is 13.1 Å². The summed E-state index contributed by atoms with van der Waals surface area (Å²) in [5.74, 6) is 4.41. The van der Waals surface area contributed by atoms with Gasteiger partial charge >= 0.3 is 0 Å². The first-order valence-corrected chi connectivity index (χ1v) is 23.6. The van der Waals surface area contributed by atoms with E-state index >= 15 is 0 Å². The van der Waals surface area contributed by atoms with E-state index < -0.39 is 0 Å². The minimum absolute atomic E-state index is 0.183. The number of hydrogen-bond donors (Lipinski definition) is 1. The molecule has 5 saturated carbocycles. The van der Waals surface area contributed by atoms with Crippen molar-refractivity contribution in [3.05, 3.63) is 60.8 Å². The van der Waals surface area contributed by atoms with Gasteiger partial charge in [-0.2, -0.15) is 0 Å². The van der Waals surface area contributed by atoms with Gasteiger partial charge in [-0.05, 0) is 166 Å². The second kappa shape index (κ2) is 18.9. The Morgan fingerprint density at radius 2 is 1.31 bits per heavy atom. The molecule has 0 aromatic rings. The van der Waals surface area contributed by atoms with Crippen molar-refractivity contribution in [3.63, 3.8) is 0 Å². The minimum Gasteiger partial charge on any atom is -0.249 e. The first-order chi connectivity index (χ1) is 25.7. The minimum atomic E-state index is 0.183. The summed E-state index contributed by atoms with van der Waals surface area (Å²) >= 11 is 0. The first-order valence-electron chi connectivity index (χ1n) is 23.6. The maximum Gasteiger partial charge on any atom is 0.0357 e. The molecule has 0 aromatic carbocycles.